The van der Waals surface area contributed by atoms with Crippen molar-refractivity contribution < 1.29 is 4.74 Å². The number of fused-ring (bicyclic) bond motifs is 2. The fourth-order valence-electron chi connectivity index (χ4n) is 3.26. The van der Waals surface area contributed by atoms with E-state index in [9.17, 15) is 4.79 Å². The first-order chi connectivity index (χ1) is 10.2. The van der Waals surface area contributed by atoms with Crippen LogP contribution in [0.4, 0.5) is 0 Å². The van der Waals surface area contributed by atoms with Gasteiger partial charge in [-0.05, 0) is 51.4 Å². The summed E-state index contributed by atoms with van der Waals surface area (Å²) in [5.74, 6) is 0.670. The Morgan fingerprint density at radius 1 is 0.905 bits per heavy atom. The molecule has 4 rings (SSSR count). The molecule has 0 fully saturated rings. The maximum Gasteiger partial charge on any atom is 0.190 e. The van der Waals surface area contributed by atoms with Crippen molar-refractivity contribution in [1.82, 2.24) is 0 Å². The zero-order valence-electron chi connectivity index (χ0n) is 11.9. The van der Waals surface area contributed by atoms with Crippen LogP contribution in [0.15, 0.2) is 53.3 Å². The maximum atomic E-state index is 12.4. The van der Waals surface area contributed by atoms with Crippen LogP contribution in [0.25, 0.3) is 38.1 Å². The van der Waals surface area contributed by atoms with Gasteiger partial charge < -0.3 is 4.74 Å². The first-order valence-corrected chi connectivity index (χ1v) is 6.96. The van der Waals surface area contributed by atoms with Gasteiger partial charge in [0.2, 0.25) is 0 Å². The zero-order chi connectivity index (χ0) is 14.6. The Bertz CT molecular complexity index is 1090. The van der Waals surface area contributed by atoms with Gasteiger partial charge in [0.05, 0.1) is 12.3 Å². The second-order valence-electron chi connectivity index (χ2n) is 5.37. The third-order valence-electron chi connectivity index (χ3n) is 4.27. The number of benzene rings is 3. The molecule has 0 aromatic heterocycles. The van der Waals surface area contributed by atoms with Gasteiger partial charge in [0.25, 0.3) is 0 Å². The van der Waals surface area contributed by atoms with Crippen molar-refractivity contribution in [2.75, 3.05) is 7.11 Å². The summed E-state index contributed by atoms with van der Waals surface area (Å²) in [6.45, 7) is 1.84. The minimum atomic E-state index is 0.0282. The SMILES string of the molecule is CO/C(C)=c1/c(=O)cc2c1cc1cccc3cccc2c31. The highest BCUT2D eigenvalue weighted by Gasteiger charge is 2.12. The molecule has 0 atom stereocenters. The molecule has 0 unspecified atom stereocenters. The van der Waals surface area contributed by atoms with Crippen LogP contribution >= 0.6 is 0 Å². The fraction of sp³-hybridized carbons (Fsp3) is 0.105. The van der Waals surface area contributed by atoms with E-state index in [-0.39, 0.29) is 5.43 Å². The number of ether oxygens (including phenoxy) is 1. The van der Waals surface area contributed by atoms with Gasteiger partial charge in [-0.15, -0.1) is 0 Å². The molecule has 0 heterocycles. The molecule has 0 bridgehead atoms. The van der Waals surface area contributed by atoms with Crippen LogP contribution in [0.2, 0.25) is 0 Å². The third kappa shape index (κ3) is 1.56. The van der Waals surface area contributed by atoms with Crippen molar-refractivity contribution >= 4 is 38.1 Å². The fourth-order valence-corrected chi connectivity index (χ4v) is 3.26. The lowest BCUT2D eigenvalue weighted by molar-refractivity contribution is 0.361. The molecular formula is C19H14O2. The molecule has 21 heavy (non-hydrogen) atoms. The summed E-state index contributed by atoms with van der Waals surface area (Å²) in [4.78, 5) is 12.4. The van der Waals surface area contributed by atoms with Gasteiger partial charge in [-0.1, -0.05) is 36.4 Å². The first kappa shape index (κ1) is 12.2. The minimum absolute atomic E-state index is 0.0282. The van der Waals surface area contributed by atoms with Crippen molar-refractivity contribution in [1.29, 1.82) is 0 Å². The van der Waals surface area contributed by atoms with Gasteiger partial charge in [0.15, 0.2) is 5.43 Å². The van der Waals surface area contributed by atoms with Gasteiger partial charge in [0.1, 0.15) is 5.76 Å². The third-order valence-corrected chi connectivity index (χ3v) is 4.27. The molecule has 0 aliphatic carbocycles. The molecule has 0 saturated carbocycles. The second kappa shape index (κ2) is 4.19. The molecule has 0 amide bonds. The van der Waals surface area contributed by atoms with Crippen LogP contribution in [0, 0.1) is 0 Å². The largest absolute Gasteiger partial charge is 0.501 e. The average molecular weight is 274 g/mol. The number of hydrogen-bond donors (Lipinski definition) is 0. The van der Waals surface area contributed by atoms with E-state index in [2.05, 4.69) is 36.4 Å². The van der Waals surface area contributed by atoms with Crippen molar-refractivity contribution in [2.24, 2.45) is 0 Å². The monoisotopic (exact) mass is 274 g/mol. The Hall–Kier alpha value is -2.61. The Kier molecular flexibility index (Phi) is 2.43. The summed E-state index contributed by atoms with van der Waals surface area (Å²) in [5.41, 5.74) is 0.0282. The van der Waals surface area contributed by atoms with Gasteiger partial charge in [-0.2, -0.15) is 0 Å². The average Bonchev–Trinajstić information content (AvgIpc) is 2.83. The molecule has 2 heteroatoms. The molecule has 4 aromatic carbocycles. The standard InChI is InChI=1S/C19H14O2/c1-11(21-2)18-16-9-13-7-3-5-12-6-4-8-14(19(12)13)15(16)10-17(18)20/h3-10H,1-2H3/b18-11+. The lowest BCUT2D eigenvalue weighted by Gasteiger charge is -2.07. The van der Waals surface area contributed by atoms with Crippen molar-refractivity contribution in [3.05, 3.63) is 64.0 Å². The highest BCUT2D eigenvalue weighted by Crippen LogP contribution is 2.31. The van der Waals surface area contributed by atoms with Crippen molar-refractivity contribution in [3.8, 4) is 0 Å². The summed E-state index contributed by atoms with van der Waals surface area (Å²) in [6.07, 6.45) is 0. The van der Waals surface area contributed by atoms with E-state index in [4.69, 9.17) is 4.74 Å². The van der Waals surface area contributed by atoms with E-state index >= 15 is 0 Å². The van der Waals surface area contributed by atoms with Crippen LogP contribution in [0.3, 0.4) is 0 Å². The van der Waals surface area contributed by atoms with Crippen LogP contribution < -0.4 is 10.6 Å². The summed E-state index contributed by atoms with van der Waals surface area (Å²) in [5, 5.41) is 7.38. The smallest absolute Gasteiger partial charge is 0.190 e. The molecule has 0 saturated heterocycles. The van der Waals surface area contributed by atoms with Gasteiger partial charge >= 0.3 is 0 Å². The van der Waals surface area contributed by atoms with E-state index in [1.54, 1.807) is 13.2 Å². The van der Waals surface area contributed by atoms with Gasteiger partial charge in [-0.25, -0.2) is 0 Å². The molecule has 2 nitrogen and oxygen atoms in total. The molecule has 0 aliphatic heterocycles. The quantitative estimate of drug-likeness (QED) is 0.531. The summed E-state index contributed by atoms with van der Waals surface area (Å²) < 4.78 is 5.30. The summed E-state index contributed by atoms with van der Waals surface area (Å²) in [7, 11) is 1.60. The Morgan fingerprint density at radius 2 is 1.62 bits per heavy atom. The number of methoxy groups -OCH3 is 1. The maximum absolute atomic E-state index is 12.4. The Labute approximate surface area is 121 Å². The predicted octanol–water partition coefficient (Wildman–Crippen LogP) is 3.44. The highest BCUT2D eigenvalue weighted by atomic mass is 16.5. The first-order valence-electron chi connectivity index (χ1n) is 6.96. The van der Waals surface area contributed by atoms with E-state index in [1.165, 1.54) is 10.8 Å². The van der Waals surface area contributed by atoms with E-state index in [0.29, 0.717) is 11.0 Å². The van der Waals surface area contributed by atoms with E-state index < -0.39 is 0 Å². The lowest BCUT2D eigenvalue weighted by Crippen LogP contribution is -2.21. The number of rotatable bonds is 1. The van der Waals surface area contributed by atoms with Crippen LogP contribution in [-0.2, 0) is 4.74 Å². The topological polar surface area (TPSA) is 26.3 Å². The van der Waals surface area contributed by atoms with Crippen molar-refractivity contribution in [2.45, 2.75) is 6.92 Å². The molecule has 0 spiro atoms. The molecule has 0 aliphatic rings. The molecule has 102 valence electrons. The predicted molar refractivity (Wildman–Crippen MR) is 87.7 cm³/mol. The molecule has 0 radical (unpaired) electrons. The molecular weight excluding hydrogens is 260 g/mol. The molecule has 4 aromatic rings. The second-order valence-corrected chi connectivity index (χ2v) is 5.37. The van der Waals surface area contributed by atoms with Gasteiger partial charge in [-0.3, -0.25) is 4.79 Å². The van der Waals surface area contributed by atoms with E-state index in [1.807, 2.05) is 13.0 Å². The zero-order valence-corrected chi connectivity index (χ0v) is 11.9. The van der Waals surface area contributed by atoms with E-state index in [0.717, 1.165) is 21.5 Å². The van der Waals surface area contributed by atoms with Crippen molar-refractivity contribution in [3.63, 3.8) is 0 Å². The highest BCUT2D eigenvalue weighted by molar-refractivity contribution is 6.21. The summed E-state index contributed by atoms with van der Waals surface area (Å²) in [6, 6.07) is 16.3. The normalized spacial score (nSPS) is 13.2. The lowest BCUT2D eigenvalue weighted by atomic mass is 9.97. The van der Waals surface area contributed by atoms with Crippen LogP contribution in [0.1, 0.15) is 6.92 Å². The molecule has 0 N–H and O–H groups in total. The Balaban J connectivity index is 2.40. The number of hydrogen-bond acceptors (Lipinski definition) is 2. The van der Waals surface area contributed by atoms with Gasteiger partial charge in [0, 0.05) is 0 Å². The summed E-state index contributed by atoms with van der Waals surface area (Å²) >= 11 is 0. The van der Waals surface area contributed by atoms with Crippen LogP contribution in [-0.4, -0.2) is 7.11 Å². The Morgan fingerprint density at radius 3 is 2.38 bits per heavy atom. The minimum Gasteiger partial charge on any atom is -0.501 e. The van der Waals surface area contributed by atoms with Crippen LogP contribution in [0.5, 0.6) is 0 Å².